The maximum atomic E-state index is 11.8. The third-order valence-corrected chi connectivity index (χ3v) is 3.65. The quantitative estimate of drug-likeness (QED) is 0.573. The number of hydrogen-bond acceptors (Lipinski definition) is 3. The van der Waals surface area contributed by atoms with Crippen molar-refractivity contribution in [3.8, 4) is 0 Å². The van der Waals surface area contributed by atoms with Gasteiger partial charge in [0.1, 0.15) is 0 Å². The van der Waals surface area contributed by atoms with E-state index in [0.717, 1.165) is 12.8 Å². The van der Waals surface area contributed by atoms with E-state index in [9.17, 15) is 9.59 Å². The largest absolute Gasteiger partial charge is 0.481 e. The number of amides is 2. The standard InChI is InChI=1S/C15H30N2O4/c1-12(2)13(6-7-14(18)19)8-9-16-15(20)17(3)10-5-11-21-4/h12-13H,5-11H2,1-4H3,(H,16,20)(H,18,19). The minimum atomic E-state index is -0.762. The van der Waals surface area contributed by atoms with E-state index in [1.807, 2.05) is 0 Å². The van der Waals surface area contributed by atoms with Crippen molar-refractivity contribution in [1.29, 1.82) is 0 Å². The summed E-state index contributed by atoms with van der Waals surface area (Å²) in [6.07, 6.45) is 2.47. The number of carboxylic acid groups (broad SMARTS) is 1. The summed E-state index contributed by atoms with van der Waals surface area (Å²) in [5, 5.41) is 11.6. The molecule has 0 fully saturated rings. The zero-order chi connectivity index (χ0) is 16.3. The van der Waals surface area contributed by atoms with Crippen LogP contribution in [0.15, 0.2) is 0 Å². The SMILES string of the molecule is COCCCN(C)C(=O)NCCC(CCC(=O)O)C(C)C. The molecule has 0 aromatic rings. The van der Waals surface area contributed by atoms with E-state index >= 15 is 0 Å². The van der Waals surface area contributed by atoms with Crippen LogP contribution in [-0.2, 0) is 9.53 Å². The smallest absolute Gasteiger partial charge is 0.317 e. The highest BCUT2D eigenvalue weighted by Gasteiger charge is 2.15. The second-order valence-electron chi connectivity index (χ2n) is 5.73. The molecule has 0 spiro atoms. The summed E-state index contributed by atoms with van der Waals surface area (Å²) in [5.41, 5.74) is 0. The summed E-state index contributed by atoms with van der Waals surface area (Å²) in [4.78, 5) is 24.1. The summed E-state index contributed by atoms with van der Waals surface area (Å²) in [5.74, 6) is -0.0246. The lowest BCUT2D eigenvalue weighted by Crippen LogP contribution is -2.39. The molecule has 0 saturated carbocycles. The monoisotopic (exact) mass is 302 g/mol. The van der Waals surface area contributed by atoms with Crippen molar-refractivity contribution in [3.05, 3.63) is 0 Å². The first kappa shape index (κ1) is 19.7. The van der Waals surface area contributed by atoms with E-state index in [1.54, 1.807) is 19.1 Å². The Morgan fingerprint density at radius 1 is 1.29 bits per heavy atom. The number of hydrogen-bond donors (Lipinski definition) is 2. The highest BCUT2D eigenvalue weighted by atomic mass is 16.5. The van der Waals surface area contributed by atoms with Gasteiger partial charge in [-0.05, 0) is 31.1 Å². The molecular formula is C15H30N2O4. The molecule has 0 bridgehead atoms. The predicted octanol–water partition coefficient (Wildman–Crippen LogP) is 2.19. The van der Waals surface area contributed by atoms with Gasteiger partial charge in [-0.3, -0.25) is 4.79 Å². The van der Waals surface area contributed by atoms with Crippen LogP contribution < -0.4 is 5.32 Å². The molecule has 0 heterocycles. The molecule has 21 heavy (non-hydrogen) atoms. The summed E-state index contributed by atoms with van der Waals surface area (Å²) in [6.45, 7) is 6.06. The Labute approximate surface area is 127 Å². The number of rotatable bonds is 11. The van der Waals surface area contributed by atoms with Crippen molar-refractivity contribution in [2.24, 2.45) is 11.8 Å². The van der Waals surface area contributed by atoms with Crippen LogP contribution in [0.4, 0.5) is 4.79 Å². The fourth-order valence-corrected chi connectivity index (χ4v) is 2.17. The minimum absolute atomic E-state index is 0.0909. The average molecular weight is 302 g/mol. The lowest BCUT2D eigenvalue weighted by Gasteiger charge is -2.22. The summed E-state index contributed by atoms with van der Waals surface area (Å²) >= 11 is 0. The Hall–Kier alpha value is -1.30. The topological polar surface area (TPSA) is 78.9 Å². The zero-order valence-electron chi connectivity index (χ0n) is 13.7. The first-order valence-corrected chi connectivity index (χ1v) is 7.58. The molecule has 1 unspecified atom stereocenters. The second kappa shape index (κ2) is 11.4. The van der Waals surface area contributed by atoms with Gasteiger partial charge >= 0.3 is 12.0 Å². The van der Waals surface area contributed by atoms with Crippen molar-refractivity contribution in [3.63, 3.8) is 0 Å². The third kappa shape index (κ3) is 10.1. The van der Waals surface area contributed by atoms with Crippen molar-refractivity contribution in [1.82, 2.24) is 10.2 Å². The van der Waals surface area contributed by atoms with Crippen LogP contribution >= 0.6 is 0 Å². The van der Waals surface area contributed by atoms with E-state index in [4.69, 9.17) is 9.84 Å². The second-order valence-corrected chi connectivity index (χ2v) is 5.73. The molecule has 1 atom stereocenters. The fraction of sp³-hybridized carbons (Fsp3) is 0.867. The molecule has 0 radical (unpaired) electrons. The molecule has 0 aromatic heterocycles. The van der Waals surface area contributed by atoms with Crippen LogP contribution in [0, 0.1) is 11.8 Å². The van der Waals surface area contributed by atoms with Gasteiger partial charge in [-0.1, -0.05) is 13.8 Å². The molecule has 124 valence electrons. The molecule has 0 rings (SSSR count). The molecule has 0 aliphatic rings. The lowest BCUT2D eigenvalue weighted by molar-refractivity contribution is -0.137. The number of carbonyl (C=O) groups is 2. The third-order valence-electron chi connectivity index (χ3n) is 3.65. The van der Waals surface area contributed by atoms with E-state index in [1.165, 1.54) is 0 Å². The zero-order valence-corrected chi connectivity index (χ0v) is 13.7. The maximum absolute atomic E-state index is 11.8. The molecule has 0 saturated heterocycles. The highest BCUT2D eigenvalue weighted by molar-refractivity contribution is 5.73. The first-order chi connectivity index (χ1) is 9.88. The number of nitrogens with zero attached hydrogens (tertiary/aromatic N) is 1. The molecular weight excluding hydrogens is 272 g/mol. The number of nitrogens with one attached hydrogen (secondary N) is 1. The fourth-order valence-electron chi connectivity index (χ4n) is 2.17. The van der Waals surface area contributed by atoms with Crippen molar-refractivity contribution in [2.75, 3.05) is 33.9 Å². The Bertz CT molecular complexity index is 308. The van der Waals surface area contributed by atoms with Gasteiger partial charge in [0, 0.05) is 40.3 Å². The number of ether oxygens (including phenoxy) is 1. The normalized spacial score (nSPS) is 12.2. The number of carboxylic acids is 1. The van der Waals surface area contributed by atoms with Gasteiger partial charge in [-0.15, -0.1) is 0 Å². The summed E-state index contributed by atoms with van der Waals surface area (Å²) in [6, 6.07) is -0.0909. The molecule has 6 heteroatoms. The molecule has 2 amide bonds. The van der Waals surface area contributed by atoms with Crippen molar-refractivity contribution >= 4 is 12.0 Å². The average Bonchev–Trinajstić information content (AvgIpc) is 2.41. The van der Waals surface area contributed by atoms with Gasteiger partial charge < -0.3 is 20.1 Å². The summed E-state index contributed by atoms with van der Waals surface area (Å²) in [7, 11) is 3.40. The van der Waals surface area contributed by atoms with Gasteiger partial charge in [0.25, 0.3) is 0 Å². The lowest BCUT2D eigenvalue weighted by atomic mass is 9.88. The Morgan fingerprint density at radius 2 is 1.95 bits per heavy atom. The van der Waals surface area contributed by atoms with Crippen molar-refractivity contribution in [2.45, 2.75) is 39.5 Å². The first-order valence-electron chi connectivity index (χ1n) is 7.58. The molecule has 0 aromatic carbocycles. The van der Waals surface area contributed by atoms with E-state index < -0.39 is 5.97 Å². The Kier molecular flexibility index (Phi) is 10.7. The summed E-state index contributed by atoms with van der Waals surface area (Å²) < 4.78 is 4.95. The van der Waals surface area contributed by atoms with Gasteiger partial charge in [0.15, 0.2) is 0 Å². The Morgan fingerprint density at radius 3 is 2.48 bits per heavy atom. The molecule has 6 nitrogen and oxygen atoms in total. The van der Waals surface area contributed by atoms with Gasteiger partial charge in [0.05, 0.1) is 0 Å². The van der Waals surface area contributed by atoms with Gasteiger partial charge in [0.2, 0.25) is 0 Å². The van der Waals surface area contributed by atoms with E-state index in [2.05, 4.69) is 19.2 Å². The van der Waals surface area contributed by atoms with Crippen LogP contribution in [0.3, 0.4) is 0 Å². The van der Waals surface area contributed by atoms with E-state index in [-0.39, 0.29) is 12.5 Å². The van der Waals surface area contributed by atoms with Crippen LogP contribution in [-0.4, -0.2) is 55.9 Å². The highest BCUT2D eigenvalue weighted by Crippen LogP contribution is 2.20. The van der Waals surface area contributed by atoms with Gasteiger partial charge in [-0.25, -0.2) is 4.79 Å². The minimum Gasteiger partial charge on any atom is -0.481 e. The number of aliphatic carboxylic acids is 1. The Balaban J connectivity index is 3.96. The number of urea groups is 1. The number of carbonyl (C=O) groups excluding carboxylic acids is 1. The molecule has 0 aliphatic heterocycles. The molecule has 0 aliphatic carbocycles. The van der Waals surface area contributed by atoms with Crippen LogP contribution in [0.25, 0.3) is 0 Å². The number of methoxy groups -OCH3 is 1. The van der Waals surface area contributed by atoms with Crippen LogP contribution in [0.1, 0.15) is 39.5 Å². The van der Waals surface area contributed by atoms with Crippen molar-refractivity contribution < 1.29 is 19.4 Å². The van der Waals surface area contributed by atoms with Crippen LogP contribution in [0.2, 0.25) is 0 Å². The van der Waals surface area contributed by atoms with E-state index in [0.29, 0.717) is 38.0 Å². The maximum Gasteiger partial charge on any atom is 0.317 e. The molecule has 2 N–H and O–H groups in total. The predicted molar refractivity (Wildman–Crippen MR) is 82.3 cm³/mol. The van der Waals surface area contributed by atoms with Crippen LogP contribution in [0.5, 0.6) is 0 Å². The van der Waals surface area contributed by atoms with Gasteiger partial charge in [-0.2, -0.15) is 0 Å².